The van der Waals surface area contributed by atoms with E-state index in [9.17, 15) is 19.5 Å². The number of aliphatic carboxylic acids is 1. The molecule has 1 heterocycles. The molecule has 178 valence electrons. The highest BCUT2D eigenvalue weighted by Crippen LogP contribution is 2.44. The Labute approximate surface area is 202 Å². The number of pyridine rings is 1. The van der Waals surface area contributed by atoms with E-state index in [4.69, 9.17) is 4.74 Å². The average Bonchev–Trinajstić information content (AvgIpc) is 3.67. The molecule has 5 rings (SSSR count). The molecule has 8 nitrogen and oxygen atoms in total. The highest BCUT2D eigenvalue weighted by Gasteiger charge is 2.37. The highest BCUT2D eigenvalue weighted by atomic mass is 16.5. The lowest BCUT2D eigenvalue weighted by Gasteiger charge is -2.15. The number of carboxylic acids is 1. The summed E-state index contributed by atoms with van der Waals surface area (Å²) in [7, 11) is 0. The number of alkyl carbamates (subject to hydrolysis) is 1. The minimum Gasteiger partial charge on any atom is -0.480 e. The zero-order valence-corrected chi connectivity index (χ0v) is 18.9. The second kappa shape index (κ2) is 9.58. The van der Waals surface area contributed by atoms with Gasteiger partial charge in [0.1, 0.15) is 12.6 Å². The maximum atomic E-state index is 12.5. The van der Waals surface area contributed by atoms with E-state index in [-0.39, 0.29) is 30.6 Å². The van der Waals surface area contributed by atoms with Gasteiger partial charge in [-0.3, -0.25) is 9.78 Å². The number of benzene rings is 2. The number of carbonyl (C=O) groups is 3. The van der Waals surface area contributed by atoms with Crippen LogP contribution in [0.5, 0.6) is 0 Å². The zero-order valence-electron chi connectivity index (χ0n) is 18.9. The third-order valence-electron chi connectivity index (χ3n) is 6.48. The summed E-state index contributed by atoms with van der Waals surface area (Å²) < 4.78 is 5.53. The monoisotopic (exact) mass is 471 g/mol. The molecule has 0 bridgehead atoms. The van der Waals surface area contributed by atoms with E-state index in [1.165, 1.54) is 18.3 Å². The first-order chi connectivity index (χ1) is 17.0. The van der Waals surface area contributed by atoms with Gasteiger partial charge in [0.15, 0.2) is 0 Å². The van der Waals surface area contributed by atoms with Crippen LogP contribution in [0.2, 0.25) is 0 Å². The van der Waals surface area contributed by atoms with Crippen LogP contribution in [0.15, 0.2) is 66.9 Å². The number of carboxylic acid groups (broad SMARTS) is 1. The first kappa shape index (κ1) is 22.6. The maximum Gasteiger partial charge on any atom is 0.407 e. The first-order valence-electron chi connectivity index (χ1n) is 11.6. The third-order valence-corrected chi connectivity index (χ3v) is 6.48. The number of carbonyl (C=O) groups excluding carboxylic acids is 2. The summed E-state index contributed by atoms with van der Waals surface area (Å²) in [5.41, 5.74) is 5.33. The van der Waals surface area contributed by atoms with Gasteiger partial charge in [-0.15, -0.1) is 0 Å². The number of hydrogen-bond donors (Lipinski definition) is 3. The van der Waals surface area contributed by atoms with Gasteiger partial charge in [0.2, 0.25) is 0 Å². The lowest BCUT2D eigenvalue weighted by atomic mass is 9.98. The largest absolute Gasteiger partial charge is 0.480 e. The Morgan fingerprint density at radius 1 is 1.00 bits per heavy atom. The number of aromatic nitrogens is 1. The van der Waals surface area contributed by atoms with Gasteiger partial charge >= 0.3 is 12.1 Å². The van der Waals surface area contributed by atoms with Crippen molar-refractivity contribution in [2.45, 2.75) is 31.3 Å². The van der Waals surface area contributed by atoms with E-state index in [0.29, 0.717) is 5.69 Å². The summed E-state index contributed by atoms with van der Waals surface area (Å²) in [6.07, 6.45) is 2.46. The average molecular weight is 472 g/mol. The molecule has 0 spiro atoms. The molecule has 0 saturated heterocycles. The molecule has 2 aromatic carbocycles. The van der Waals surface area contributed by atoms with Crippen molar-refractivity contribution >= 4 is 18.0 Å². The minimum atomic E-state index is -1.04. The highest BCUT2D eigenvalue weighted by molar-refractivity contribution is 5.96. The van der Waals surface area contributed by atoms with Crippen LogP contribution in [0, 0.1) is 5.92 Å². The van der Waals surface area contributed by atoms with Gasteiger partial charge in [0, 0.05) is 17.7 Å². The standard InChI is InChI=1S/C27H25N3O5/c31-25(30-24(26(32)33)16-9-10-16)17-11-12-28-18(13-17)14-29-27(34)35-15-23-21-7-3-1-5-19(21)20-6-2-4-8-22(20)23/h1-8,11-13,16,23-24H,9-10,14-15H2,(H,29,34)(H,30,31)(H,32,33). The van der Waals surface area contributed by atoms with Crippen LogP contribution >= 0.6 is 0 Å². The molecule has 35 heavy (non-hydrogen) atoms. The molecule has 0 aliphatic heterocycles. The van der Waals surface area contributed by atoms with Crippen molar-refractivity contribution in [3.05, 3.63) is 89.2 Å². The predicted molar refractivity (Wildman–Crippen MR) is 128 cm³/mol. The third kappa shape index (κ3) is 4.87. The van der Waals surface area contributed by atoms with Crippen LogP contribution in [-0.4, -0.2) is 40.7 Å². The first-order valence-corrected chi connectivity index (χ1v) is 11.6. The van der Waals surface area contributed by atoms with Gasteiger partial charge < -0.3 is 20.5 Å². The molecule has 8 heteroatoms. The molecule has 1 unspecified atom stereocenters. The molecule has 2 aliphatic carbocycles. The summed E-state index contributed by atoms with van der Waals surface area (Å²) in [4.78, 5) is 40.5. The summed E-state index contributed by atoms with van der Waals surface area (Å²) in [5, 5.41) is 14.6. The minimum absolute atomic E-state index is 0.0204. The zero-order chi connectivity index (χ0) is 24.4. The molecular weight excluding hydrogens is 446 g/mol. The predicted octanol–water partition coefficient (Wildman–Crippen LogP) is 3.71. The number of ether oxygens (including phenoxy) is 1. The Balaban J connectivity index is 1.17. The normalized spacial score (nSPS) is 15.0. The van der Waals surface area contributed by atoms with Gasteiger partial charge in [-0.25, -0.2) is 9.59 Å². The van der Waals surface area contributed by atoms with Crippen LogP contribution in [0.3, 0.4) is 0 Å². The number of fused-ring (bicyclic) bond motifs is 3. The maximum absolute atomic E-state index is 12.5. The second-order valence-electron chi connectivity index (χ2n) is 8.84. The molecule has 3 aromatic rings. The van der Waals surface area contributed by atoms with E-state index >= 15 is 0 Å². The van der Waals surface area contributed by atoms with E-state index < -0.39 is 24.0 Å². The number of hydrogen-bond acceptors (Lipinski definition) is 5. The fraction of sp³-hybridized carbons (Fsp3) is 0.259. The quantitative estimate of drug-likeness (QED) is 0.461. The van der Waals surface area contributed by atoms with E-state index in [0.717, 1.165) is 35.1 Å². The van der Waals surface area contributed by atoms with E-state index in [2.05, 4.69) is 39.9 Å². The van der Waals surface area contributed by atoms with Gasteiger partial charge in [-0.1, -0.05) is 48.5 Å². The number of amides is 2. The Bertz CT molecular complexity index is 1240. The second-order valence-corrected chi connectivity index (χ2v) is 8.84. The molecule has 2 aliphatic rings. The van der Waals surface area contributed by atoms with Crippen molar-refractivity contribution in [2.75, 3.05) is 6.61 Å². The van der Waals surface area contributed by atoms with Crippen molar-refractivity contribution < 1.29 is 24.2 Å². The Hall–Kier alpha value is -4.20. The molecule has 1 fully saturated rings. The Kier molecular flexibility index (Phi) is 6.18. The van der Waals surface area contributed by atoms with Gasteiger partial charge in [0.05, 0.1) is 12.2 Å². The van der Waals surface area contributed by atoms with Gasteiger partial charge in [0.25, 0.3) is 5.91 Å². The SMILES string of the molecule is O=C(NCc1cc(C(=O)NC(C(=O)O)C2CC2)ccn1)OCC1c2ccccc2-c2ccccc21. The number of nitrogens with zero attached hydrogens (tertiary/aromatic N) is 1. The summed E-state index contributed by atoms with van der Waals surface area (Å²) >= 11 is 0. The van der Waals surface area contributed by atoms with Crippen LogP contribution in [-0.2, 0) is 16.1 Å². The van der Waals surface area contributed by atoms with Crippen molar-refractivity contribution in [2.24, 2.45) is 5.92 Å². The van der Waals surface area contributed by atoms with E-state index in [1.807, 2.05) is 24.3 Å². The Morgan fingerprint density at radius 3 is 2.29 bits per heavy atom. The topological polar surface area (TPSA) is 118 Å². The summed E-state index contributed by atoms with van der Waals surface area (Å²) in [6.45, 7) is 0.274. The van der Waals surface area contributed by atoms with Crippen LogP contribution in [0.1, 0.15) is 45.9 Å². The fourth-order valence-electron chi connectivity index (χ4n) is 4.56. The van der Waals surface area contributed by atoms with Crippen LogP contribution in [0.25, 0.3) is 11.1 Å². The van der Waals surface area contributed by atoms with Gasteiger partial charge in [-0.05, 0) is 53.1 Å². The van der Waals surface area contributed by atoms with Gasteiger partial charge in [-0.2, -0.15) is 0 Å². The molecule has 2 amide bonds. The Morgan fingerprint density at radius 2 is 1.66 bits per heavy atom. The summed E-state index contributed by atoms with van der Waals surface area (Å²) in [5.74, 6) is -1.57. The van der Waals surface area contributed by atoms with Crippen LogP contribution in [0.4, 0.5) is 4.79 Å². The molecular formula is C27H25N3O5. The summed E-state index contributed by atoms with van der Waals surface area (Å²) in [6, 6.07) is 18.4. The van der Waals surface area contributed by atoms with Crippen molar-refractivity contribution in [3.8, 4) is 11.1 Å². The molecule has 3 N–H and O–H groups in total. The van der Waals surface area contributed by atoms with Crippen molar-refractivity contribution in [1.29, 1.82) is 0 Å². The molecule has 0 radical (unpaired) electrons. The van der Waals surface area contributed by atoms with Crippen molar-refractivity contribution in [1.82, 2.24) is 15.6 Å². The van der Waals surface area contributed by atoms with Crippen LogP contribution < -0.4 is 10.6 Å². The smallest absolute Gasteiger partial charge is 0.407 e. The molecule has 1 atom stereocenters. The fourth-order valence-corrected chi connectivity index (χ4v) is 4.56. The van der Waals surface area contributed by atoms with E-state index in [1.54, 1.807) is 0 Å². The molecule has 1 saturated carbocycles. The van der Waals surface area contributed by atoms with Crippen molar-refractivity contribution in [3.63, 3.8) is 0 Å². The lowest BCUT2D eigenvalue weighted by Crippen LogP contribution is -2.42. The molecule has 1 aromatic heterocycles. The number of rotatable bonds is 8. The number of nitrogens with one attached hydrogen (secondary N) is 2. The lowest BCUT2D eigenvalue weighted by molar-refractivity contribution is -0.139.